The summed E-state index contributed by atoms with van der Waals surface area (Å²) < 4.78 is 1.93. The van der Waals surface area contributed by atoms with Crippen LogP contribution in [0.4, 0.5) is 0 Å². The minimum Gasteiger partial charge on any atom is -0.265 e. The smallest absolute Gasteiger partial charge is 0.103 e. The summed E-state index contributed by atoms with van der Waals surface area (Å²) in [7, 11) is 0. The molecular weight excluding hydrogens is 174 g/mol. The topological polar surface area (TPSA) is 41.6 Å². The highest BCUT2D eigenvalue weighted by Gasteiger charge is 2.24. The first-order valence-corrected chi connectivity index (χ1v) is 4.86. The Bertz CT molecular complexity index is 361. The van der Waals surface area contributed by atoms with Crippen molar-refractivity contribution >= 4 is 0 Å². The fourth-order valence-electron chi connectivity index (χ4n) is 1.58. The van der Waals surface area contributed by atoms with Crippen molar-refractivity contribution in [1.29, 1.82) is 5.26 Å². The zero-order valence-corrected chi connectivity index (χ0v) is 9.50. The van der Waals surface area contributed by atoms with Crippen molar-refractivity contribution in [2.75, 3.05) is 0 Å². The number of aromatic nitrogens is 2. The van der Waals surface area contributed by atoms with Crippen LogP contribution in [0.15, 0.2) is 6.20 Å². The van der Waals surface area contributed by atoms with Crippen LogP contribution < -0.4 is 0 Å². The fourth-order valence-corrected chi connectivity index (χ4v) is 1.58. The van der Waals surface area contributed by atoms with E-state index in [9.17, 15) is 0 Å². The number of hydrogen-bond donors (Lipinski definition) is 0. The lowest BCUT2D eigenvalue weighted by atomic mass is 9.89. The highest BCUT2D eigenvalue weighted by Crippen LogP contribution is 2.27. The summed E-state index contributed by atoms with van der Waals surface area (Å²) in [4.78, 5) is 0. The van der Waals surface area contributed by atoms with E-state index >= 15 is 0 Å². The molecule has 0 saturated carbocycles. The first-order valence-electron chi connectivity index (χ1n) is 4.86. The Morgan fingerprint density at radius 1 is 1.43 bits per heavy atom. The van der Waals surface area contributed by atoms with E-state index in [1.807, 2.05) is 4.68 Å². The zero-order chi connectivity index (χ0) is 10.9. The quantitative estimate of drug-likeness (QED) is 0.684. The van der Waals surface area contributed by atoms with E-state index in [0.29, 0.717) is 11.6 Å². The molecule has 1 aromatic heterocycles. The van der Waals surface area contributed by atoms with Crippen LogP contribution in [0.1, 0.15) is 51.9 Å². The van der Waals surface area contributed by atoms with Crippen LogP contribution in [0.5, 0.6) is 0 Å². The Kier molecular flexibility index (Phi) is 2.66. The van der Waals surface area contributed by atoms with Crippen molar-refractivity contribution in [3.63, 3.8) is 0 Å². The van der Waals surface area contributed by atoms with Gasteiger partial charge in [0, 0.05) is 11.5 Å². The van der Waals surface area contributed by atoms with Crippen LogP contribution in [0.25, 0.3) is 0 Å². The molecule has 0 fully saturated rings. The Labute approximate surface area is 85.4 Å². The first kappa shape index (κ1) is 10.8. The van der Waals surface area contributed by atoms with E-state index < -0.39 is 0 Å². The summed E-state index contributed by atoms with van der Waals surface area (Å²) in [5.74, 6) is 0. The van der Waals surface area contributed by atoms with Gasteiger partial charge in [0.05, 0.1) is 17.5 Å². The molecule has 0 atom stereocenters. The molecule has 3 nitrogen and oxygen atoms in total. The number of nitriles is 1. The van der Waals surface area contributed by atoms with Gasteiger partial charge in [0.25, 0.3) is 0 Å². The monoisotopic (exact) mass is 191 g/mol. The van der Waals surface area contributed by atoms with Gasteiger partial charge < -0.3 is 0 Å². The summed E-state index contributed by atoms with van der Waals surface area (Å²) in [6.45, 7) is 10.4. The average Bonchev–Trinajstić information content (AvgIpc) is 2.45. The van der Waals surface area contributed by atoms with Gasteiger partial charge >= 0.3 is 0 Å². The van der Waals surface area contributed by atoms with Gasteiger partial charge in [0.15, 0.2) is 0 Å². The lowest BCUT2D eigenvalue weighted by Crippen LogP contribution is -2.21. The number of rotatable bonds is 1. The molecule has 0 unspecified atom stereocenters. The fraction of sp³-hybridized carbons (Fsp3) is 0.636. The summed E-state index contributed by atoms with van der Waals surface area (Å²) >= 11 is 0. The van der Waals surface area contributed by atoms with Crippen LogP contribution >= 0.6 is 0 Å². The maximum atomic E-state index is 8.97. The molecule has 76 valence electrons. The van der Waals surface area contributed by atoms with Gasteiger partial charge in [-0.15, -0.1) is 0 Å². The Hall–Kier alpha value is -1.30. The van der Waals surface area contributed by atoms with E-state index in [1.54, 1.807) is 6.20 Å². The SMILES string of the molecule is CC(C)n1ncc(C#N)c1C(C)(C)C. The first-order chi connectivity index (χ1) is 6.38. The van der Waals surface area contributed by atoms with Gasteiger partial charge in [0.2, 0.25) is 0 Å². The van der Waals surface area contributed by atoms with Crippen molar-refractivity contribution in [3.8, 4) is 6.07 Å². The second kappa shape index (κ2) is 3.45. The van der Waals surface area contributed by atoms with Crippen LogP contribution in [-0.2, 0) is 5.41 Å². The normalized spacial score (nSPS) is 11.8. The van der Waals surface area contributed by atoms with Crippen LogP contribution in [-0.4, -0.2) is 9.78 Å². The predicted octanol–water partition coefficient (Wildman–Crippen LogP) is 2.63. The van der Waals surface area contributed by atoms with Crippen molar-refractivity contribution in [2.45, 2.75) is 46.1 Å². The lowest BCUT2D eigenvalue weighted by Gasteiger charge is -2.22. The highest BCUT2D eigenvalue weighted by molar-refractivity contribution is 5.35. The molecule has 0 saturated heterocycles. The molecule has 3 heteroatoms. The molecule has 1 rings (SSSR count). The average molecular weight is 191 g/mol. The van der Waals surface area contributed by atoms with Crippen LogP contribution in [0.3, 0.4) is 0 Å². The summed E-state index contributed by atoms with van der Waals surface area (Å²) in [5.41, 5.74) is 1.67. The van der Waals surface area contributed by atoms with Gasteiger partial charge in [0.1, 0.15) is 6.07 Å². The Morgan fingerprint density at radius 2 is 2.00 bits per heavy atom. The van der Waals surface area contributed by atoms with Crippen molar-refractivity contribution in [3.05, 3.63) is 17.5 Å². The van der Waals surface area contributed by atoms with Crippen molar-refractivity contribution < 1.29 is 0 Å². The molecule has 0 aliphatic heterocycles. The van der Waals surface area contributed by atoms with Crippen molar-refractivity contribution in [1.82, 2.24) is 9.78 Å². The zero-order valence-electron chi connectivity index (χ0n) is 9.50. The minimum atomic E-state index is -0.0359. The third-order valence-electron chi connectivity index (χ3n) is 2.12. The minimum absolute atomic E-state index is 0.0359. The van der Waals surface area contributed by atoms with Gasteiger partial charge in [-0.3, -0.25) is 4.68 Å². The maximum Gasteiger partial charge on any atom is 0.103 e. The van der Waals surface area contributed by atoms with E-state index in [1.165, 1.54) is 0 Å². The molecule has 0 aliphatic carbocycles. The second-order valence-electron chi connectivity index (χ2n) is 4.81. The van der Waals surface area contributed by atoms with Gasteiger partial charge in [-0.05, 0) is 13.8 Å². The molecule has 0 N–H and O–H groups in total. The lowest BCUT2D eigenvalue weighted by molar-refractivity contribution is 0.445. The number of nitrogens with zero attached hydrogens (tertiary/aromatic N) is 3. The standard InChI is InChI=1S/C11H17N3/c1-8(2)14-10(11(3,4)5)9(6-12)7-13-14/h7-8H,1-5H3. The third-order valence-corrected chi connectivity index (χ3v) is 2.12. The van der Waals surface area contributed by atoms with E-state index in [2.05, 4.69) is 45.8 Å². The predicted molar refractivity (Wildman–Crippen MR) is 56.0 cm³/mol. The Balaban J connectivity index is 3.36. The van der Waals surface area contributed by atoms with Crippen LogP contribution in [0.2, 0.25) is 0 Å². The molecule has 1 aromatic rings. The summed E-state index contributed by atoms with van der Waals surface area (Å²) in [5, 5.41) is 13.2. The molecule has 0 aromatic carbocycles. The van der Waals surface area contributed by atoms with E-state index in [0.717, 1.165) is 5.69 Å². The number of hydrogen-bond acceptors (Lipinski definition) is 2. The molecule has 0 amide bonds. The summed E-state index contributed by atoms with van der Waals surface area (Å²) in [6.07, 6.45) is 1.65. The highest BCUT2D eigenvalue weighted by atomic mass is 15.3. The molecule has 0 aliphatic rings. The third kappa shape index (κ3) is 1.79. The molecule has 0 bridgehead atoms. The molecule has 0 radical (unpaired) electrons. The van der Waals surface area contributed by atoms with E-state index in [-0.39, 0.29) is 5.41 Å². The largest absolute Gasteiger partial charge is 0.265 e. The molecular formula is C11H17N3. The van der Waals surface area contributed by atoms with Gasteiger partial charge in [-0.1, -0.05) is 20.8 Å². The molecule has 0 spiro atoms. The molecule has 1 heterocycles. The van der Waals surface area contributed by atoms with E-state index in [4.69, 9.17) is 5.26 Å². The van der Waals surface area contributed by atoms with Crippen molar-refractivity contribution in [2.24, 2.45) is 0 Å². The Morgan fingerprint density at radius 3 is 2.36 bits per heavy atom. The summed E-state index contributed by atoms with van der Waals surface area (Å²) in [6, 6.07) is 2.49. The molecule has 14 heavy (non-hydrogen) atoms. The van der Waals surface area contributed by atoms with Crippen LogP contribution in [0, 0.1) is 11.3 Å². The van der Waals surface area contributed by atoms with Gasteiger partial charge in [-0.25, -0.2) is 0 Å². The maximum absolute atomic E-state index is 8.97. The second-order valence-corrected chi connectivity index (χ2v) is 4.81. The van der Waals surface area contributed by atoms with Gasteiger partial charge in [-0.2, -0.15) is 10.4 Å².